The van der Waals surface area contributed by atoms with Crippen LogP contribution in [-0.2, 0) is 0 Å². The van der Waals surface area contributed by atoms with Crippen molar-refractivity contribution >= 4 is 22.4 Å². The van der Waals surface area contributed by atoms with E-state index in [1.54, 1.807) is 25.1 Å². The molecule has 0 fully saturated rings. The van der Waals surface area contributed by atoms with Gasteiger partial charge in [0.25, 0.3) is 5.91 Å². The molecule has 22 heavy (non-hydrogen) atoms. The van der Waals surface area contributed by atoms with Crippen molar-refractivity contribution in [3.63, 3.8) is 0 Å². The van der Waals surface area contributed by atoms with Gasteiger partial charge in [-0.15, -0.1) is 11.3 Å². The molecule has 108 valence electrons. The van der Waals surface area contributed by atoms with Crippen LogP contribution in [0.15, 0.2) is 40.2 Å². The minimum atomic E-state index is -0.388. The van der Waals surface area contributed by atoms with Crippen molar-refractivity contribution in [1.29, 1.82) is 5.26 Å². The monoisotopic (exact) mass is 310 g/mol. The number of aryl methyl sites for hydroxylation is 1. The summed E-state index contributed by atoms with van der Waals surface area (Å²) in [6, 6.07) is 10.7. The van der Waals surface area contributed by atoms with Crippen LogP contribution >= 0.6 is 11.3 Å². The number of aromatic nitrogens is 2. The Morgan fingerprint density at radius 3 is 2.77 bits per heavy atom. The molecule has 2 heterocycles. The molecule has 0 unspecified atom stereocenters. The molecule has 6 nitrogen and oxygen atoms in total. The van der Waals surface area contributed by atoms with Crippen molar-refractivity contribution in [1.82, 2.24) is 10.1 Å². The van der Waals surface area contributed by atoms with Gasteiger partial charge in [-0.05, 0) is 19.1 Å². The predicted molar refractivity (Wildman–Crippen MR) is 81.5 cm³/mol. The number of rotatable bonds is 3. The molecule has 0 spiro atoms. The smallest absolute Gasteiger partial charge is 0.296 e. The van der Waals surface area contributed by atoms with Gasteiger partial charge in [0.15, 0.2) is 5.13 Å². The molecular weight excluding hydrogens is 300 g/mol. The summed E-state index contributed by atoms with van der Waals surface area (Å²) in [5.41, 5.74) is 2.85. The van der Waals surface area contributed by atoms with Gasteiger partial charge in [-0.3, -0.25) is 10.1 Å². The lowest BCUT2D eigenvalue weighted by Gasteiger charge is -1.97. The Morgan fingerprint density at radius 1 is 1.36 bits per heavy atom. The first-order valence-electron chi connectivity index (χ1n) is 6.36. The van der Waals surface area contributed by atoms with E-state index in [9.17, 15) is 4.79 Å². The molecular formula is C15H10N4O2S. The number of anilines is 1. The summed E-state index contributed by atoms with van der Waals surface area (Å²) in [7, 11) is 0. The van der Waals surface area contributed by atoms with E-state index in [1.165, 1.54) is 11.3 Å². The molecule has 0 aliphatic carbocycles. The van der Waals surface area contributed by atoms with Gasteiger partial charge in [-0.2, -0.15) is 5.26 Å². The molecule has 0 bridgehead atoms. The maximum Gasteiger partial charge on any atom is 0.296 e. The SMILES string of the molecule is Cc1cc(C(=O)Nc2nc(-c3ccc(C#N)cc3)cs2)on1. The van der Waals surface area contributed by atoms with E-state index in [1.807, 2.05) is 17.5 Å². The van der Waals surface area contributed by atoms with Crippen LogP contribution in [0.1, 0.15) is 21.8 Å². The third kappa shape index (κ3) is 2.87. The number of nitriles is 1. The lowest BCUT2D eigenvalue weighted by molar-refractivity contribution is 0.0988. The minimum absolute atomic E-state index is 0.146. The highest BCUT2D eigenvalue weighted by atomic mass is 32.1. The number of hydrogen-bond donors (Lipinski definition) is 1. The molecule has 3 aromatic rings. The first kappa shape index (κ1) is 14.0. The van der Waals surface area contributed by atoms with Gasteiger partial charge in [0.05, 0.1) is 23.0 Å². The third-order valence-corrected chi connectivity index (χ3v) is 3.64. The second kappa shape index (κ2) is 5.79. The van der Waals surface area contributed by atoms with Gasteiger partial charge < -0.3 is 4.52 Å². The zero-order valence-electron chi connectivity index (χ0n) is 11.5. The number of nitrogens with one attached hydrogen (secondary N) is 1. The molecule has 3 rings (SSSR count). The number of carbonyl (C=O) groups excluding carboxylic acids is 1. The first-order chi connectivity index (χ1) is 10.7. The van der Waals surface area contributed by atoms with Crippen molar-refractivity contribution in [2.75, 3.05) is 5.32 Å². The van der Waals surface area contributed by atoms with E-state index in [0.717, 1.165) is 11.3 Å². The van der Waals surface area contributed by atoms with E-state index in [4.69, 9.17) is 9.78 Å². The summed E-state index contributed by atoms with van der Waals surface area (Å²) in [6.07, 6.45) is 0. The summed E-state index contributed by atoms with van der Waals surface area (Å²) in [4.78, 5) is 16.3. The van der Waals surface area contributed by atoms with Gasteiger partial charge in [-0.1, -0.05) is 17.3 Å². The maximum absolute atomic E-state index is 11.9. The second-order valence-electron chi connectivity index (χ2n) is 4.51. The number of nitrogens with zero attached hydrogens (tertiary/aromatic N) is 3. The Morgan fingerprint density at radius 2 is 2.14 bits per heavy atom. The molecule has 0 saturated carbocycles. The quantitative estimate of drug-likeness (QED) is 0.801. The largest absolute Gasteiger partial charge is 0.351 e. The first-order valence-corrected chi connectivity index (χ1v) is 7.24. The van der Waals surface area contributed by atoms with Gasteiger partial charge in [0, 0.05) is 17.0 Å². The highest BCUT2D eigenvalue weighted by Gasteiger charge is 2.14. The number of thiazole rings is 1. The molecule has 1 amide bonds. The fourth-order valence-corrected chi connectivity index (χ4v) is 2.52. The van der Waals surface area contributed by atoms with Crippen LogP contribution in [0.5, 0.6) is 0 Å². The highest BCUT2D eigenvalue weighted by molar-refractivity contribution is 7.14. The number of hydrogen-bond acceptors (Lipinski definition) is 6. The lowest BCUT2D eigenvalue weighted by Crippen LogP contribution is -2.10. The Labute approximate surface area is 130 Å². The topological polar surface area (TPSA) is 91.8 Å². The summed E-state index contributed by atoms with van der Waals surface area (Å²) in [5.74, 6) is -0.242. The van der Waals surface area contributed by atoms with Crippen molar-refractivity contribution in [2.24, 2.45) is 0 Å². The van der Waals surface area contributed by atoms with Crippen LogP contribution in [0, 0.1) is 18.3 Å². The fourth-order valence-electron chi connectivity index (χ4n) is 1.81. The van der Waals surface area contributed by atoms with Crippen LogP contribution < -0.4 is 5.32 Å². The van der Waals surface area contributed by atoms with E-state index in [-0.39, 0.29) is 11.7 Å². The van der Waals surface area contributed by atoms with Crippen molar-refractivity contribution < 1.29 is 9.32 Å². The van der Waals surface area contributed by atoms with E-state index >= 15 is 0 Å². The number of amides is 1. The van der Waals surface area contributed by atoms with Crippen LogP contribution in [-0.4, -0.2) is 16.0 Å². The number of carbonyl (C=O) groups is 1. The molecule has 0 saturated heterocycles. The van der Waals surface area contributed by atoms with Gasteiger partial charge >= 0.3 is 0 Å². The molecule has 0 aliphatic rings. The Bertz CT molecular complexity index is 858. The van der Waals surface area contributed by atoms with Gasteiger partial charge in [0.2, 0.25) is 5.76 Å². The van der Waals surface area contributed by atoms with Gasteiger partial charge in [0.1, 0.15) is 0 Å². The molecule has 1 N–H and O–H groups in total. The minimum Gasteiger partial charge on any atom is -0.351 e. The van der Waals surface area contributed by atoms with Crippen molar-refractivity contribution in [3.05, 3.63) is 52.7 Å². The standard InChI is InChI=1S/C15H10N4O2S/c1-9-6-13(21-19-9)14(20)18-15-17-12(8-22-15)11-4-2-10(7-16)3-5-11/h2-6,8H,1H3,(H,17,18,20). The average Bonchev–Trinajstić information content (AvgIpc) is 3.16. The van der Waals surface area contributed by atoms with Crippen LogP contribution in [0.4, 0.5) is 5.13 Å². The zero-order valence-corrected chi connectivity index (χ0v) is 12.3. The van der Waals surface area contributed by atoms with E-state index in [0.29, 0.717) is 16.4 Å². The number of benzene rings is 1. The van der Waals surface area contributed by atoms with Crippen molar-refractivity contribution in [2.45, 2.75) is 6.92 Å². The molecule has 0 radical (unpaired) electrons. The molecule has 2 aromatic heterocycles. The third-order valence-electron chi connectivity index (χ3n) is 2.89. The highest BCUT2D eigenvalue weighted by Crippen LogP contribution is 2.25. The summed E-state index contributed by atoms with van der Waals surface area (Å²) < 4.78 is 4.90. The second-order valence-corrected chi connectivity index (χ2v) is 5.37. The Hall–Kier alpha value is -2.98. The Balaban J connectivity index is 1.76. The molecule has 0 aliphatic heterocycles. The van der Waals surface area contributed by atoms with E-state index < -0.39 is 0 Å². The van der Waals surface area contributed by atoms with Crippen molar-refractivity contribution in [3.8, 4) is 17.3 Å². The van der Waals surface area contributed by atoms with Crippen LogP contribution in [0.2, 0.25) is 0 Å². The molecule has 0 atom stereocenters. The Kier molecular flexibility index (Phi) is 3.68. The van der Waals surface area contributed by atoms with E-state index in [2.05, 4.69) is 21.5 Å². The summed E-state index contributed by atoms with van der Waals surface area (Å²) >= 11 is 1.31. The lowest BCUT2D eigenvalue weighted by atomic mass is 10.1. The fraction of sp³-hybridized carbons (Fsp3) is 0.0667. The zero-order chi connectivity index (χ0) is 15.5. The maximum atomic E-state index is 11.9. The summed E-state index contributed by atoms with van der Waals surface area (Å²) in [5, 5.41) is 17.4. The van der Waals surface area contributed by atoms with Crippen LogP contribution in [0.3, 0.4) is 0 Å². The molecule has 7 heteroatoms. The predicted octanol–water partition coefficient (Wildman–Crippen LogP) is 3.23. The average molecular weight is 310 g/mol. The summed E-state index contributed by atoms with van der Waals surface area (Å²) in [6.45, 7) is 1.74. The van der Waals surface area contributed by atoms with Crippen LogP contribution in [0.25, 0.3) is 11.3 Å². The normalized spacial score (nSPS) is 10.2. The molecule has 1 aromatic carbocycles. The van der Waals surface area contributed by atoms with Gasteiger partial charge in [-0.25, -0.2) is 4.98 Å².